The van der Waals surface area contributed by atoms with Gasteiger partial charge >= 0.3 is 0 Å². The largest absolute Gasteiger partial charge is 0.268 e. The zero-order valence-electron chi connectivity index (χ0n) is 11.1. The maximum absolute atomic E-state index is 11.4. The molecule has 0 aliphatic carbocycles. The van der Waals surface area contributed by atoms with Gasteiger partial charge in [-0.3, -0.25) is 4.79 Å². The second-order valence-electron chi connectivity index (χ2n) is 4.68. The molecule has 1 N–H and O–H groups in total. The minimum atomic E-state index is -0.147. The number of nitrogens with one attached hydrogen (secondary N) is 1. The van der Waals surface area contributed by atoms with E-state index >= 15 is 0 Å². The first-order chi connectivity index (χ1) is 9.75. The maximum atomic E-state index is 11.4. The second kappa shape index (κ2) is 5.13. The lowest BCUT2D eigenvalue weighted by molar-refractivity contribution is 0.976. The number of rotatable bonds is 2. The lowest BCUT2D eigenvalue weighted by atomic mass is 9.97. The molecular formula is C17H14N2O. The van der Waals surface area contributed by atoms with Crippen LogP contribution in [0.3, 0.4) is 0 Å². The number of H-pyrrole nitrogens is 1. The maximum Gasteiger partial charge on any atom is 0.267 e. The van der Waals surface area contributed by atoms with Crippen molar-refractivity contribution in [2.45, 2.75) is 6.92 Å². The van der Waals surface area contributed by atoms with Crippen molar-refractivity contribution in [3.05, 3.63) is 76.6 Å². The Kier molecular flexibility index (Phi) is 3.17. The lowest BCUT2D eigenvalue weighted by Crippen LogP contribution is -2.11. The first-order valence-corrected chi connectivity index (χ1v) is 6.47. The van der Waals surface area contributed by atoms with Crippen LogP contribution in [0.1, 0.15) is 5.56 Å². The molecule has 3 heteroatoms. The van der Waals surface area contributed by atoms with Crippen LogP contribution in [-0.4, -0.2) is 10.2 Å². The van der Waals surface area contributed by atoms with E-state index in [0.29, 0.717) is 5.56 Å². The molecule has 0 unspecified atom stereocenters. The van der Waals surface area contributed by atoms with Crippen molar-refractivity contribution in [2.24, 2.45) is 0 Å². The molecule has 0 fully saturated rings. The molecule has 2 aromatic carbocycles. The number of aromatic nitrogens is 2. The monoisotopic (exact) mass is 262 g/mol. The van der Waals surface area contributed by atoms with Gasteiger partial charge in [-0.15, -0.1) is 0 Å². The van der Waals surface area contributed by atoms with Crippen molar-refractivity contribution < 1.29 is 0 Å². The van der Waals surface area contributed by atoms with Crippen LogP contribution in [0.4, 0.5) is 0 Å². The standard InChI is InChI=1S/C17H14N2O/c1-12-11-16(18-19-17(12)20)15-10-6-5-9-14(15)13-7-3-2-4-8-13/h2-11H,1H3,(H,19,20). The Balaban J connectivity index is 2.20. The summed E-state index contributed by atoms with van der Waals surface area (Å²) < 4.78 is 0. The van der Waals surface area contributed by atoms with Crippen LogP contribution in [-0.2, 0) is 0 Å². The fraction of sp³-hybridized carbons (Fsp3) is 0.0588. The van der Waals surface area contributed by atoms with Gasteiger partial charge in [0.25, 0.3) is 5.56 Å². The number of hydrogen-bond donors (Lipinski definition) is 1. The van der Waals surface area contributed by atoms with E-state index in [1.165, 1.54) is 0 Å². The zero-order valence-corrected chi connectivity index (χ0v) is 11.1. The van der Waals surface area contributed by atoms with Crippen molar-refractivity contribution in [3.8, 4) is 22.4 Å². The predicted molar refractivity (Wildman–Crippen MR) is 80.5 cm³/mol. The van der Waals surface area contributed by atoms with Gasteiger partial charge in [0.2, 0.25) is 0 Å². The van der Waals surface area contributed by atoms with Crippen molar-refractivity contribution in [3.63, 3.8) is 0 Å². The number of nitrogens with zero attached hydrogens (tertiary/aromatic N) is 1. The molecule has 0 spiro atoms. The molecule has 0 bridgehead atoms. The van der Waals surface area contributed by atoms with Gasteiger partial charge in [-0.05, 0) is 24.1 Å². The normalized spacial score (nSPS) is 10.4. The summed E-state index contributed by atoms with van der Waals surface area (Å²) in [5.41, 5.74) is 4.55. The average molecular weight is 262 g/mol. The van der Waals surface area contributed by atoms with Gasteiger partial charge in [0.15, 0.2) is 0 Å². The Labute approximate surface area is 116 Å². The summed E-state index contributed by atoms with van der Waals surface area (Å²) in [7, 11) is 0. The molecule has 3 nitrogen and oxygen atoms in total. The summed E-state index contributed by atoms with van der Waals surface area (Å²) in [6.45, 7) is 1.79. The number of aromatic amines is 1. The zero-order chi connectivity index (χ0) is 13.9. The van der Waals surface area contributed by atoms with Crippen molar-refractivity contribution in [2.75, 3.05) is 0 Å². The quantitative estimate of drug-likeness (QED) is 0.769. The third kappa shape index (κ3) is 2.26. The first-order valence-electron chi connectivity index (χ1n) is 6.47. The highest BCUT2D eigenvalue weighted by Crippen LogP contribution is 2.30. The molecule has 0 saturated carbocycles. The van der Waals surface area contributed by atoms with Gasteiger partial charge in [0.1, 0.15) is 0 Å². The molecule has 0 radical (unpaired) electrons. The Morgan fingerprint density at radius 2 is 1.55 bits per heavy atom. The van der Waals surface area contributed by atoms with E-state index in [9.17, 15) is 4.79 Å². The molecule has 98 valence electrons. The summed E-state index contributed by atoms with van der Waals surface area (Å²) in [6, 6.07) is 20.0. The Morgan fingerprint density at radius 1 is 0.900 bits per heavy atom. The molecule has 3 aromatic rings. The Hall–Kier alpha value is -2.68. The van der Waals surface area contributed by atoms with E-state index in [0.717, 1.165) is 22.4 Å². The van der Waals surface area contributed by atoms with Crippen LogP contribution in [0, 0.1) is 6.92 Å². The first kappa shape index (κ1) is 12.4. The van der Waals surface area contributed by atoms with Crippen LogP contribution < -0.4 is 5.56 Å². The predicted octanol–water partition coefficient (Wildman–Crippen LogP) is 3.41. The Morgan fingerprint density at radius 3 is 2.25 bits per heavy atom. The average Bonchev–Trinajstić information content (AvgIpc) is 2.51. The number of hydrogen-bond acceptors (Lipinski definition) is 2. The van der Waals surface area contributed by atoms with Crippen molar-refractivity contribution in [1.29, 1.82) is 0 Å². The van der Waals surface area contributed by atoms with E-state index in [1.54, 1.807) is 6.92 Å². The van der Waals surface area contributed by atoms with Gasteiger partial charge < -0.3 is 0 Å². The summed E-state index contributed by atoms with van der Waals surface area (Å²) in [5, 5.41) is 6.70. The molecule has 3 rings (SSSR count). The summed E-state index contributed by atoms with van der Waals surface area (Å²) >= 11 is 0. The molecule has 20 heavy (non-hydrogen) atoms. The van der Waals surface area contributed by atoms with Crippen molar-refractivity contribution >= 4 is 0 Å². The van der Waals surface area contributed by atoms with E-state index < -0.39 is 0 Å². The van der Waals surface area contributed by atoms with E-state index in [4.69, 9.17) is 0 Å². The van der Waals surface area contributed by atoms with Gasteiger partial charge in [-0.2, -0.15) is 5.10 Å². The van der Waals surface area contributed by atoms with E-state index in [-0.39, 0.29) is 5.56 Å². The minimum Gasteiger partial charge on any atom is -0.268 e. The van der Waals surface area contributed by atoms with Gasteiger partial charge in [0.05, 0.1) is 5.69 Å². The van der Waals surface area contributed by atoms with Gasteiger partial charge in [0, 0.05) is 11.1 Å². The highest BCUT2D eigenvalue weighted by Gasteiger charge is 2.08. The number of benzene rings is 2. The molecular weight excluding hydrogens is 248 g/mol. The highest BCUT2D eigenvalue weighted by molar-refractivity contribution is 5.81. The van der Waals surface area contributed by atoms with Crippen LogP contribution in [0.5, 0.6) is 0 Å². The van der Waals surface area contributed by atoms with E-state index in [1.807, 2.05) is 42.5 Å². The molecule has 0 aliphatic rings. The third-order valence-corrected chi connectivity index (χ3v) is 3.28. The minimum absolute atomic E-state index is 0.147. The summed E-state index contributed by atoms with van der Waals surface area (Å²) in [6.07, 6.45) is 0. The van der Waals surface area contributed by atoms with E-state index in [2.05, 4.69) is 28.4 Å². The topological polar surface area (TPSA) is 45.8 Å². The van der Waals surface area contributed by atoms with Crippen molar-refractivity contribution in [1.82, 2.24) is 10.2 Å². The lowest BCUT2D eigenvalue weighted by Gasteiger charge is -2.09. The molecule has 0 atom stereocenters. The highest BCUT2D eigenvalue weighted by atomic mass is 16.1. The summed E-state index contributed by atoms with van der Waals surface area (Å²) in [5.74, 6) is 0. The molecule has 0 amide bonds. The Bertz CT molecular complexity index is 791. The van der Waals surface area contributed by atoms with Crippen LogP contribution in [0.25, 0.3) is 22.4 Å². The number of aryl methyl sites for hydroxylation is 1. The fourth-order valence-electron chi connectivity index (χ4n) is 2.22. The summed E-state index contributed by atoms with van der Waals surface area (Å²) in [4.78, 5) is 11.4. The SMILES string of the molecule is Cc1cc(-c2ccccc2-c2ccccc2)n[nH]c1=O. The third-order valence-electron chi connectivity index (χ3n) is 3.28. The van der Waals surface area contributed by atoms with Crippen LogP contribution in [0.15, 0.2) is 65.5 Å². The van der Waals surface area contributed by atoms with Crippen LogP contribution in [0.2, 0.25) is 0 Å². The smallest absolute Gasteiger partial charge is 0.267 e. The molecule has 0 aliphatic heterocycles. The van der Waals surface area contributed by atoms with Gasteiger partial charge in [-0.1, -0.05) is 54.6 Å². The fourth-order valence-corrected chi connectivity index (χ4v) is 2.22. The molecule has 0 saturated heterocycles. The molecule has 1 aromatic heterocycles. The van der Waals surface area contributed by atoms with Crippen LogP contribution >= 0.6 is 0 Å². The molecule has 1 heterocycles. The second-order valence-corrected chi connectivity index (χ2v) is 4.68. The van der Waals surface area contributed by atoms with Gasteiger partial charge in [-0.25, -0.2) is 5.10 Å².